The first-order valence-electron chi connectivity index (χ1n) is 6.84. The summed E-state index contributed by atoms with van der Waals surface area (Å²) >= 11 is 3.41. The van der Waals surface area contributed by atoms with Crippen molar-refractivity contribution in [3.63, 3.8) is 0 Å². The molecule has 6 heteroatoms. The second-order valence-corrected chi connectivity index (χ2v) is 5.86. The molecule has 1 fully saturated rings. The van der Waals surface area contributed by atoms with Crippen molar-refractivity contribution < 1.29 is 0 Å². The first-order chi connectivity index (χ1) is 9.35. The lowest BCUT2D eigenvalue weighted by molar-refractivity contribution is 0.460. The van der Waals surface area contributed by atoms with E-state index in [-0.39, 0.29) is 0 Å². The summed E-state index contributed by atoms with van der Waals surface area (Å²) in [6.07, 6.45) is 10.2. The summed E-state index contributed by atoms with van der Waals surface area (Å²) in [6, 6.07) is 2.69. The van der Waals surface area contributed by atoms with E-state index in [2.05, 4.69) is 48.3 Å². The summed E-state index contributed by atoms with van der Waals surface area (Å²) in [7, 11) is 0. The van der Waals surface area contributed by atoms with Crippen LogP contribution in [0, 0.1) is 0 Å². The first kappa shape index (κ1) is 12.8. The Kier molecular flexibility index (Phi) is 3.96. The lowest BCUT2D eigenvalue weighted by atomic mass is 10.3. The molecule has 0 bridgehead atoms. The first-order valence-corrected chi connectivity index (χ1v) is 7.96. The predicted molar refractivity (Wildman–Crippen MR) is 76.4 cm³/mol. The van der Waals surface area contributed by atoms with Crippen LogP contribution < -0.4 is 0 Å². The zero-order valence-corrected chi connectivity index (χ0v) is 12.5. The molecule has 5 nitrogen and oxygen atoms in total. The highest BCUT2D eigenvalue weighted by molar-refractivity contribution is 9.09. The van der Waals surface area contributed by atoms with Gasteiger partial charge in [0.2, 0.25) is 0 Å². The summed E-state index contributed by atoms with van der Waals surface area (Å²) in [6.45, 7) is 0.703. The molecule has 0 radical (unpaired) electrons. The molecule has 1 saturated carbocycles. The van der Waals surface area contributed by atoms with E-state index >= 15 is 0 Å². The zero-order chi connectivity index (χ0) is 13.1. The normalized spacial score (nSPS) is 16.3. The van der Waals surface area contributed by atoms with Crippen LogP contribution in [0.1, 0.15) is 43.1 Å². The second kappa shape index (κ2) is 5.86. The van der Waals surface area contributed by atoms with Gasteiger partial charge >= 0.3 is 0 Å². The Morgan fingerprint density at radius 1 is 1.26 bits per heavy atom. The minimum Gasteiger partial charge on any atom is -0.269 e. The number of hydrogen-bond donors (Lipinski definition) is 0. The van der Waals surface area contributed by atoms with Crippen LogP contribution in [0.15, 0.2) is 18.5 Å². The Labute approximate surface area is 121 Å². The lowest BCUT2D eigenvalue weighted by Crippen LogP contribution is -2.07. The molecule has 19 heavy (non-hydrogen) atoms. The largest absolute Gasteiger partial charge is 0.269 e. The summed E-state index contributed by atoms with van der Waals surface area (Å²) in [5, 5.41) is 13.8. The minimum atomic E-state index is 0.605. The number of alkyl halides is 1. The van der Waals surface area contributed by atoms with Gasteiger partial charge in [-0.3, -0.25) is 4.68 Å². The fraction of sp³-hybridized carbons (Fsp3) is 0.615. The van der Waals surface area contributed by atoms with Crippen LogP contribution >= 0.6 is 15.9 Å². The Hall–Kier alpha value is -1.17. The molecule has 0 aromatic carbocycles. The van der Waals surface area contributed by atoms with E-state index in [1.807, 2.05) is 10.9 Å². The SMILES string of the molecule is BrCCc1cn(Cc2ccn(C3CCCC3)n2)nn1. The van der Waals surface area contributed by atoms with Gasteiger partial charge in [0.1, 0.15) is 0 Å². The molecule has 0 amide bonds. The highest BCUT2D eigenvalue weighted by Crippen LogP contribution is 2.28. The van der Waals surface area contributed by atoms with Crippen LogP contribution in [0.25, 0.3) is 0 Å². The average Bonchev–Trinajstić information content (AvgIpc) is 3.10. The van der Waals surface area contributed by atoms with Gasteiger partial charge < -0.3 is 0 Å². The molecule has 102 valence electrons. The van der Waals surface area contributed by atoms with Gasteiger partial charge in [0.15, 0.2) is 0 Å². The Morgan fingerprint density at radius 3 is 2.89 bits per heavy atom. The topological polar surface area (TPSA) is 48.5 Å². The third-order valence-electron chi connectivity index (χ3n) is 3.62. The quantitative estimate of drug-likeness (QED) is 0.794. The van der Waals surface area contributed by atoms with Crippen molar-refractivity contribution in [3.05, 3.63) is 29.8 Å². The molecule has 2 aromatic rings. The van der Waals surface area contributed by atoms with Gasteiger partial charge in [-0.2, -0.15) is 5.10 Å². The molecule has 0 spiro atoms. The van der Waals surface area contributed by atoms with Gasteiger partial charge in [0.05, 0.1) is 24.0 Å². The smallest absolute Gasteiger partial charge is 0.0867 e. The van der Waals surface area contributed by atoms with Crippen molar-refractivity contribution in [3.8, 4) is 0 Å². The van der Waals surface area contributed by atoms with Crippen molar-refractivity contribution in [2.45, 2.75) is 44.7 Å². The van der Waals surface area contributed by atoms with E-state index in [1.165, 1.54) is 25.7 Å². The number of aromatic nitrogens is 5. The standard InChI is InChI=1S/C13H18BrN5/c14-7-5-11-9-18(17-15-11)10-12-6-8-19(16-12)13-3-1-2-4-13/h6,8-9,13H,1-5,7,10H2. The van der Waals surface area contributed by atoms with Crippen LogP contribution in [-0.4, -0.2) is 30.1 Å². The number of aryl methyl sites for hydroxylation is 1. The Bertz CT molecular complexity index is 527. The fourth-order valence-corrected chi connectivity index (χ4v) is 3.03. The molecule has 0 atom stereocenters. The molecule has 0 saturated heterocycles. The zero-order valence-electron chi connectivity index (χ0n) is 10.9. The van der Waals surface area contributed by atoms with Crippen molar-refractivity contribution in [2.24, 2.45) is 0 Å². The summed E-state index contributed by atoms with van der Waals surface area (Å²) in [5.41, 5.74) is 2.08. The molecular formula is C13H18BrN5. The van der Waals surface area contributed by atoms with Gasteiger partial charge in [-0.15, -0.1) is 5.10 Å². The van der Waals surface area contributed by atoms with E-state index in [4.69, 9.17) is 0 Å². The van der Waals surface area contributed by atoms with Crippen LogP contribution in [0.4, 0.5) is 0 Å². The molecule has 0 N–H and O–H groups in total. The van der Waals surface area contributed by atoms with Crippen LogP contribution in [0.2, 0.25) is 0 Å². The van der Waals surface area contributed by atoms with Gasteiger partial charge in [-0.05, 0) is 18.9 Å². The molecule has 1 aliphatic carbocycles. The molecule has 3 rings (SSSR count). The highest BCUT2D eigenvalue weighted by Gasteiger charge is 2.17. The van der Waals surface area contributed by atoms with Gasteiger partial charge in [-0.25, -0.2) is 4.68 Å². The third-order valence-corrected chi connectivity index (χ3v) is 4.02. The van der Waals surface area contributed by atoms with Gasteiger partial charge in [-0.1, -0.05) is 34.0 Å². The second-order valence-electron chi connectivity index (χ2n) is 5.07. The number of rotatable bonds is 5. The molecule has 0 aliphatic heterocycles. The molecular weight excluding hydrogens is 306 g/mol. The summed E-state index contributed by atoms with van der Waals surface area (Å²) < 4.78 is 3.98. The van der Waals surface area contributed by atoms with Crippen molar-refractivity contribution >= 4 is 15.9 Å². The van der Waals surface area contributed by atoms with Crippen molar-refractivity contribution in [1.82, 2.24) is 24.8 Å². The number of hydrogen-bond acceptors (Lipinski definition) is 3. The van der Waals surface area contributed by atoms with E-state index in [0.717, 1.165) is 23.1 Å². The van der Waals surface area contributed by atoms with Crippen LogP contribution in [-0.2, 0) is 13.0 Å². The number of halogens is 1. The minimum absolute atomic E-state index is 0.605. The lowest BCUT2D eigenvalue weighted by Gasteiger charge is -2.08. The van der Waals surface area contributed by atoms with Crippen LogP contribution in [0.3, 0.4) is 0 Å². The maximum atomic E-state index is 4.66. The van der Waals surface area contributed by atoms with Gasteiger partial charge in [0.25, 0.3) is 0 Å². The number of nitrogens with zero attached hydrogens (tertiary/aromatic N) is 5. The maximum Gasteiger partial charge on any atom is 0.0867 e. The van der Waals surface area contributed by atoms with E-state index in [0.29, 0.717) is 12.6 Å². The molecule has 1 aliphatic rings. The van der Waals surface area contributed by atoms with Crippen LogP contribution in [0.5, 0.6) is 0 Å². The van der Waals surface area contributed by atoms with E-state index in [9.17, 15) is 0 Å². The van der Waals surface area contributed by atoms with E-state index < -0.39 is 0 Å². The summed E-state index contributed by atoms with van der Waals surface area (Å²) in [5.74, 6) is 0. The molecule has 0 unspecified atom stereocenters. The Morgan fingerprint density at radius 2 is 2.11 bits per heavy atom. The van der Waals surface area contributed by atoms with E-state index in [1.54, 1.807) is 0 Å². The molecule has 2 heterocycles. The predicted octanol–water partition coefficient (Wildman–Crippen LogP) is 2.58. The maximum absolute atomic E-state index is 4.66. The highest BCUT2D eigenvalue weighted by atomic mass is 79.9. The molecule has 2 aromatic heterocycles. The Balaban J connectivity index is 1.65. The third kappa shape index (κ3) is 3.05. The average molecular weight is 324 g/mol. The fourth-order valence-electron chi connectivity index (χ4n) is 2.63. The monoisotopic (exact) mass is 323 g/mol. The van der Waals surface area contributed by atoms with Crippen molar-refractivity contribution in [1.29, 1.82) is 0 Å². The summed E-state index contributed by atoms with van der Waals surface area (Å²) in [4.78, 5) is 0. The van der Waals surface area contributed by atoms with Crippen molar-refractivity contribution in [2.75, 3.05) is 5.33 Å². The van der Waals surface area contributed by atoms with Gasteiger partial charge in [0, 0.05) is 24.1 Å².